The Hall–Kier alpha value is -2.42. The zero-order chi connectivity index (χ0) is 19.0. The third-order valence-electron chi connectivity index (χ3n) is 4.87. The number of hydrogen-bond donors (Lipinski definition) is 3. The molecule has 142 valence electrons. The summed E-state index contributed by atoms with van der Waals surface area (Å²) >= 11 is 0. The molecule has 2 aliphatic rings. The molecule has 1 aliphatic heterocycles. The number of fused-ring (bicyclic) bond motifs is 1. The molecule has 0 aromatic heterocycles. The van der Waals surface area contributed by atoms with Crippen molar-refractivity contribution >= 4 is 23.3 Å². The Morgan fingerprint density at radius 1 is 1.31 bits per heavy atom. The summed E-state index contributed by atoms with van der Waals surface area (Å²) in [4.78, 5) is 23.8. The molecule has 7 nitrogen and oxygen atoms in total. The third-order valence-corrected chi connectivity index (χ3v) is 4.87. The topological polar surface area (TPSA) is 99.1 Å². The van der Waals surface area contributed by atoms with E-state index < -0.39 is 35.6 Å². The fraction of sp³-hybridized carbons (Fsp3) is 0.529. The van der Waals surface area contributed by atoms with Crippen LogP contribution in [0.4, 0.5) is 20.2 Å². The molecule has 1 saturated carbocycles. The van der Waals surface area contributed by atoms with Crippen molar-refractivity contribution < 1.29 is 33.3 Å². The minimum absolute atomic E-state index is 0.0659. The second kappa shape index (κ2) is 7.06. The van der Waals surface area contributed by atoms with Crippen molar-refractivity contribution in [3.63, 3.8) is 0 Å². The Bertz CT molecular complexity index is 694. The van der Waals surface area contributed by atoms with Gasteiger partial charge in [-0.15, -0.1) is 0 Å². The molecule has 1 heterocycles. The molecule has 1 aromatic rings. The first-order valence-corrected chi connectivity index (χ1v) is 8.38. The van der Waals surface area contributed by atoms with Gasteiger partial charge in [0.2, 0.25) is 0 Å². The molecule has 0 amide bonds. The Balaban J connectivity index is 1.63. The van der Waals surface area contributed by atoms with E-state index in [1.54, 1.807) is 6.92 Å². The van der Waals surface area contributed by atoms with E-state index in [0.717, 1.165) is 12.1 Å². The number of carbonyl (C=O) groups excluding carboxylic acids is 1. The van der Waals surface area contributed by atoms with Crippen molar-refractivity contribution in [1.29, 1.82) is 0 Å². The highest BCUT2D eigenvalue weighted by molar-refractivity contribution is 5.76. The van der Waals surface area contributed by atoms with Gasteiger partial charge in [-0.05, 0) is 30.9 Å². The number of rotatable bonds is 7. The lowest BCUT2D eigenvalue weighted by Crippen LogP contribution is -2.30. The number of nitrogens with one attached hydrogen (secondary N) is 1. The Labute approximate surface area is 148 Å². The van der Waals surface area contributed by atoms with Crippen LogP contribution in [0.1, 0.15) is 6.92 Å². The number of carboxylic acids is 1. The van der Waals surface area contributed by atoms with Gasteiger partial charge in [0.15, 0.2) is 17.7 Å². The summed E-state index contributed by atoms with van der Waals surface area (Å²) in [7, 11) is 0. The predicted octanol–water partition coefficient (Wildman–Crippen LogP) is 1.07. The molecule has 3 N–H and O–H groups in total. The number of hydrogen-bond acceptors (Lipinski definition) is 6. The van der Waals surface area contributed by atoms with Gasteiger partial charge in [0, 0.05) is 18.8 Å². The fourth-order valence-corrected chi connectivity index (χ4v) is 3.58. The first-order chi connectivity index (χ1) is 12.3. The smallest absolute Gasteiger partial charge is 0.336 e. The molecule has 1 aliphatic carbocycles. The highest BCUT2D eigenvalue weighted by atomic mass is 19.1. The zero-order valence-electron chi connectivity index (χ0n) is 14.1. The standard InChI is InChI=1S/C17H20F2N2O5/c1-2-26-17(25)13(22)5-20-8-3-11(18)15(12(19)4-8)21-6-9-10(7-21)14(9)16(23)24/h3-4,9-10,13-14,20,22H,2,5-7H2,1H3,(H,23,24)/t9-,10+,13?,14?. The number of halogens is 2. The largest absolute Gasteiger partial charge is 0.481 e. The van der Waals surface area contributed by atoms with Crippen LogP contribution in [-0.2, 0) is 14.3 Å². The van der Waals surface area contributed by atoms with E-state index in [9.17, 15) is 23.5 Å². The van der Waals surface area contributed by atoms with Crippen LogP contribution in [0.2, 0.25) is 0 Å². The fourth-order valence-electron chi connectivity index (χ4n) is 3.58. The van der Waals surface area contributed by atoms with Gasteiger partial charge >= 0.3 is 11.9 Å². The lowest BCUT2D eigenvalue weighted by molar-refractivity contribution is -0.152. The van der Waals surface area contributed by atoms with Crippen molar-refractivity contribution in [2.24, 2.45) is 17.8 Å². The number of ether oxygens (including phenoxy) is 1. The van der Waals surface area contributed by atoms with Crippen LogP contribution in [0.5, 0.6) is 0 Å². The van der Waals surface area contributed by atoms with E-state index in [0.29, 0.717) is 13.1 Å². The van der Waals surface area contributed by atoms with Crippen LogP contribution in [-0.4, -0.2) is 54.5 Å². The van der Waals surface area contributed by atoms with E-state index >= 15 is 0 Å². The number of piperidine rings is 1. The number of aliphatic hydroxyl groups excluding tert-OH is 1. The number of carboxylic acid groups (broad SMARTS) is 1. The summed E-state index contributed by atoms with van der Waals surface area (Å²) in [5, 5.41) is 21.2. The zero-order valence-corrected chi connectivity index (χ0v) is 14.1. The van der Waals surface area contributed by atoms with E-state index in [4.69, 9.17) is 5.11 Å². The SMILES string of the molecule is CCOC(=O)C(O)CNc1cc(F)c(N2C[C@@H]3C(C(=O)O)[C@@H]3C2)c(F)c1. The van der Waals surface area contributed by atoms with Gasteiger partial charge in [-0.25, -0.2) is 13.6 Å². The molecule has 2 fully saturated rings. The maximum atomic E-state index is 14.4. The lowest BCUT2D eigenvalue weighted by Gasteiger charge is -2.23. The molecular formula is C17H20F2N2O5. The van der Waals surface area contributed by atoms with Crippen LogP contribution in [0.15, 0.2) is 12.1 Å². The monoisotopic (exact) mass is 370 g/mol. The first kappa shape index (κ1) is 18.4. The number of benzene rings is 1. The van der Waals surface area contributed by atoms with Crippen LogP contribution in [0.25, 0.3) is 0 Å². The Kier molecular flexibility index (Phi) is 4.99. The maximum absolute atomic E-state index is 14.4. The van der Waals surface area contributed by atoms with Crippen LogP contribution < -0.4 is 10.2 Å². The minimum atomic E-state index is -1.45. The van der Waals surface area contributed by atoms with Gasteiger partial charge in [-0.1, -0.05) is 0 Å². The number of nitrogens with zero attached hydrogens (tertiary/aromatic N) is 1. The molecule has 0 radical (unpaired) electrons. The summed E-state index contributed by atoms with van der Waals surface area (Å²) in [5.41, 5.74) is -0.0994. The van der Waals surface area contributed by atoms with Gasteiger partial charge in [0.05, 0.1) is 19.1 Å². The van der Waals surface area contributed by atoms with Crippen LogP contribution in [0, 0.1) is 29.4 Å². The summed E-state index contributed by atoms with van der Waals surface area (Å²) in [6, 6.07) is 2.16. The quantitative estimate of drug-likeness (QED) is 0.618. The number of esters is 1. The second-order valence-corrected chi connectivity index (χ2v) is 6.53. The minimum Gasteiger partial charge on any atom is -0.481 e. The second-order valence-electron chi connectivity index (χ2n) is 6.53. The molecule has 1 aromatic carbocycles. The normalized spacial score (nSPS) is 24.8. The number of aliphatic carboxylic acids is 1. The van der Waals surface area contributed by atoms with Gasteiger partial charge in [-0.2, -0.15) is 0 Å². The molecule has 0 bridgehead atoms. The molecule has 1 saturated heterocycles. The van der Waals surface area contributed by atoms with Crippen molar-refractivity contribution in [2.45, 2.75) is 13.0 Å². The van der Waals surface area contributed by atoms with Crippen LogP contribution in [0.3, 0.4) is 0 Å². The summed E-state index contributed by atoms with van der Waals surface area (Å²) < 4.78 is 33.4. The summed E-state index contributed by atoms with van der Waals surface area (Å²) in [6.45, 7) is 2.09. The van der Waals surface area contributed by atoms with Crippen LogP contribution >= 0.6 is 0 Å². The highest BCUT2D eigenvalue weighted by Gasteiger charge is 2.60. The van der Waals surface area contributed by atoms with Gasteiger partial charge in [-0.3, -0.25) is 4.79 Å². The molecule has 26 heavy (non-hydrogen) atoms. The molecule has 3 rings (SSSR count). The Morgan fingerprint density at radius 2 is 1.88 bits per heavy atom. The van der Waals surface area contributed by atoms with Gasteiger partial charge < -0.3 is 25.2 Å². The molecule has 2 unspecified atom stereocenters. The number of carbonyl (C=O) groups is 2. The van der Waals surface area contributed by atoms with Crippen molar-refractivity contribution in [3.05, 3.63) is 23.8 Å². The molecule has 0 spiro atoms. The van der Waals surface area contributed by atoms with Gasteiger partial charge in [0.25, 0.3) is 0 Å². The first-order valence-electron chi connectivity index (χ1n) is 8.38. The van der Waals surface area contributed by atoms with E-state index in [1.807, 2.05) is 0 Å². The third kappa shape index (κ3) is 3.44. The van der Waals surface area contributed by atoms with Crippen molar-refractivity contribution in [1.82, 2.24) is 0 Å². The van der Waals surface area contributed by atoms with Crippen molar-refractivity contribution in [2.75, 3.05) is 36.5 Å². The molecule has 4 atom stereocenters. The summed E-state index contributed by atoms with van der Waals surface area (Å²) in [5.74, 6) is -3.80. The lowest BCUT2D eigenvalue weighted by atomic mass is 10.2. The Morgan fingerprint density at radius 3 is 2.38 bits per heavy atom. The predicted molar refractivity (Wildman–Crippen MR) is 87.8 cm³/mol. The average molecular weight is 370 g/mol. The van der Waals surface area contributed by atoms with Gasteiger partial charge in [0.1, 0.15) is 5.69 Å². The van der Waals surface area contributed by atoms with E-state index in [1.165, 1.54) is 4.90 Å². The molecular weight excluding hydrogens is 350 g/mol. The molecule has 9 heteroatoms. The number of anilines is 2. The van der Waals surface area contributed by atoms with E-state index in [-0.39, 0.29) is 36.4 Å². The number of aliphatic hydroxyl groups is 1. The maximum Gasteiger partial charge on any atom is 0.336 e. The highest BCUT2D eigenvalue weighted by Crippen LogP contribution is 2.53. The average Bonchev–Trinajstić information content (AvgIpc) is 3.09. The van der Waals surface area contributed by atoms with Crippen molar-refractivity contribution in [3.8, 4) is 0 Å². The van der Waals surface area contributed by atoms with E-state index in [2.05, 4.69) is 10.1 Å². The summed E-state index contributed by atoms with van der Waals surface area (Å²) in [6.07, 6.45) is -1.45.